The normalized spacial score (nSPS) is 24.2. The third-order valence-electron chi connectivity index (χ3n) is 4.84. The van der Waals surface area contributed by atoms with E-state index in [1.165, 1.54) is 6.07 Å². The lowest BCUT2D eigenvalue weighted by Crippen LogP contribution is -2.29. The van der Waals surface area contributed by atoms with Crippen LogP contribution in [0, 0.1) is 16.0 Å². The first-order chi connectivity index (χ1) is 11.5. The fraction of sp³-hybridized carbons (Fsp3) is 0.222. The molecule has 2 aromatic rings. The number of fused-ring (bicyclic) bond motifs is 3. The van der Waals surface area contributed by atoms with Gasteiger partial charge in [-0.1, -0.05) is 47.5 Å². The summed E-state index contributed by atoms with van der Waals surface area (Å²) < 4.78 is 0. The Morgan fingerprint density at radius 3 is 2.58 bits per heavy atom. The van der Waals surface area contributed by atoms with Crippen LogP contribution in [-0.2, 0) is 0 Å². The zero-order valence-corrected chi connectivity index (χ0v) is 14.1. The van der Waals surface area contributed by atoms with Crippen LogP contribution in [-0.4, -0.2) is 4.92 Å². The van der Waals surface area contributed by atoms with Gasteiger partial charge in [0.1, 0.15) is 5.69 Å². The molecule has 0 radical (unpaired) electrons. The molecule has 0 saturated carbocycles. The van der Waals surface area contributed by atoms with Gasteiger partial charge in [0.15, 0.2) is 0 Å². The van der Waals surface area contributed by atoms with Gasteiger partial charge < -0.3 is 5.32 Å². The van der Waals surface area contributed by atoms with Gasteiger partial charge in [-0.15, -0.1) is 0 Å². The summed E-state index contributed by atoms with van der Waals surface area (Å²) in [7, 11) is 0. The van der Waals surface area contributed by atoms with Crippen LogP contribution in [0.2, 0.25) is 10.0 Å². The van der Waals surface area contributed by atoms with Crippen molar-refractivity contribution in [1.29, 1.82) is 0 Å². The highest BCUT2D eigenvalue weighted by Crippen LogP contribution is 2.52. The van der Waals surface area contributed by atoms with Crippen LogP contribution in [0.3, 0.4) is 0 Å². The lowest BCUT2D eigenvalue weighted by molar-refractivity contribution is -0.384. The van der Waals surface area contributed by atoms with Gasteiger partial charge >= 0.3 is 0 Å². The standard InChI is InChI=1S/C18H14Cl2N2O2/c19-11-6-4-10(5-7-11)17-14-3-1-2-13(14)15-8-12(20)9-16(22(23)24)18(15)21-17/h1-2,4-9,13-14,17,21H,3H2/t13-,14+,17?/m1/s1. The van der Waals surface area contributed by atoms with Crippen LogP contribution < -0.4 is 5.32 Å². The van der Waals surface area contributed by atoms with E-state index in [1.54, 1.807) is 0 Å². The number of anilines is 1. The monoisotopic (exact) mass is 360 g/mol. The van der Waals surface area contributed by atoms with Crippen molar-refractivity contribution in [2.75, 3.05) is 5.32 Å². The van der Waals surface area contributed by atoms with Gasteiger partial charge in [0, 0.05) is 22.0 Å². The van der Waals surface area contributed by atoms with Crippen molar-refractivity contribution in [3.63, 3.8) is 0 Å². The maximum absolute atomic E-state index is 11.5. The number of allylic oxidation sites excluding steroid dienone is 2. The van der Waals surface area contributed by atoms with Gasteiger partial charge in [-0.3, -0.25) is 10.1 Å². The average molecular weight is 361 g/mol. The second-order valence-electron chi connectivity index (χ2n) is 6.17. The molecule has 1 unspecified atom stereocenters. The van der Waals surface area contributed by atoms with Gasteiger partial charge in [-0.05, 0) is 41.7 Å². The molecule has 1 N–H and O–H groups in total. The van der Waals surface area contributed by atoms with E-state index in [4.69, 9.17) is 23.2 Å². The van der Waals surface area contributed by atoms with E-state index >= 15 is 0 Å². The SMILES string of the molecule is O=[N+]([O-])c1cc(Cl)cc2c1NC(c1ccc(Cl)cc1)[C@H]1CC=C[C@@H]21. The predicted molar refractivity (Wildman–Crippen MR) is 95.9 cm³/mol. The number of halogens is 2. The molecule has 2 aromatic carbocycles. The molecule has 0 saturated heterocycles. The number of rotatable bonds is 2. The topological polar surface area (TPSA) is 55.2 Å². The smallest absolute Gasteiger partial charge is 0.294 e. The summed E-state index contributed by atoms with van der Waals surface area (Å²) in [6, 6.07) is 10.9. The average Bonchev–Trinajstić information content (AvgIpc) is 3.04. The van der Waals surface area contributed by atoms with Crippen LogP contribution in [0.25, 0.3) is 0 Å². The van der Waals surface area contributed by atoms with Crippen molar-refractivity contribution in [2.45, 2.75) is 18.4 Å². The van der Waals surface area contributed by atoms with Gasteiger partial charge in [0.25, 0.3) is 5.69 Å². The van der Waals surface area contributed by atoms with Gasteiger partial charge in [0.05, 0.1) is 11.0 Å². The van der Waals surface area contributed by atoms with Crippen molar-refractivity contribution < 1.29 is 4.92 Å². The minimum atomic E-state index is -0.379. The maximum Gasteiger partial charge on any atom is 0.294 e. The van der Waals surface area contributed by atoms with Crippen molar-refractivity contribution >= 4 is 34.6 Å². The molecule has 2 aliphatic rings. The molecule has 4 nitrogen and oxygen atoms in total. The molecule has 1 heterocycles. The number of nitro groups is 1. The lowest BCUT2D eigenvalue weighted by Gasteiger charge is -2.37. The predicted octanol–water partition coefficient (Wildman–Crippen LogP) is 5.73. The molecular weight excluding hydrogens is 347 g/mol. The van der Waals surface area contributed by atoms with Crippen LogP contribution in [0.5, 0.6) is 0 Å². The Bertz CT molecular complexity index is 849. The first kappa shape index (κ1) is 15.5. The molecule has 122 valence electrons. The van der Waals surface area contributed by atoms with E-state index in [-0.39, 0.29) is 22.6 Å². The Labute approximate surface area is 149 Å². The first-order valence-electron chi connectivity index (χ1n) is 7.71. The van der Waals surface area contributed by atoms with Gasteiger partial charge in [-0.25, -0.2) is 0 Å². The van der Waals surface area contributed by atoms with E-state index in [9.17, 15) is 10.1 Å². The Hall–Kier alpha value is -2.04. The number of hydrogen-bond donors (Lipinski definition) is 1. The van der Waals surface area contributed by atoms with Crippen molar-refractivity contribution in [2.24, 2.45) is 5.92 Å². The summed E-state index contributed by atoms with van der Waals surface area (Å²) in [5.74, 6) is 0.427. The molecule has 0 bridgehead atoms. The number of benzene rings is 2. The van der Waals surface area contributed by atoms with Gasteiger partial charge in [0.2, 0.25) is 0 Å². The molecule has 6 heteroatoms. The second kappa shape index (κ2) is 5.80. The van der Waals surface area contributed by atoms with E-state index < -0.39 is 0 Å². The summed E-state index contributed by atoms with van der Waals surface area (Å²) in [6.45, 7) is 0. The van der Waals surface area contributed by atoms with Crippen LogP contribution in [0.15, 0.2) is 48.6 Å². The summed E-state index contributed by atoms with van der Waals surface area (Å²) in [6.07, 6.45) is 5.19. The summed E-state index contributed by atoms with van der Waals surface area (Å²) >= 11 is 12.1. The van der Waals surface area contributed by atoms with E-state index in [2.05, 4.69) is 17.5 Å². The molecule has 0 amide bonds. The third-order valence-corrected chi connectivity index (χ3v) is 5.31. The fourth-order valence-electron chi connectivity index (χ4n) is 3.79. The number of nitrogens with zero attached hydrogens (tertiary/aromatic N) is 1. The number of nitrogens with one attached hydrogen (secondary N) is 1. The fourth-order valence-corrected chi connectivity index (χ4v) is 4.14. The highest BCUT2D eigenvalue weighted by Gasteiger charge is 2.40. The van der Waals surface area contributed by atoms with Crippen molar-refractivity contribution in [3.05, 3.63) is 79.8 Å². The molecule has 0 aromatic heterocycles. The Balaban J connectivity index is 1.86. The minimum Gasteiger partial charge on any atom is -0.372 e. The molecular formula is C18H14Cl2N2O2. The van der Waals surface area contributed by atoms with Crippen molar-refractivity contribution in [1.82, 2.24) is 0 Å². The molecule has 3 atom stereocenters. The molecule has 1 aliphatic heterocycles. The molecule has 0 fully saturated rings. The third kappa shape index (κ3) is 2.46. The quantitative estimate of drug-likeness (QED) is 0.422. The molecule has 24 heavy (non-hydrogen) atoms. The first-order valence-corrected chi connectivity index (χ1v) is 8.46. The molecule has 4 rings (SSSR count). The van der Waals surface area contributed by atoms with Crippen LogP contribution in [0.4, 0.5) is 11.4 Å². The zero-order valence-electron chi connectivity index (χ0n) is 12.6. The van der Waals surface area contributed by atoms with Crippen LogP contribution >= 0.6 is 23.2 Å². The second-order valence-corrected chi connectivity index (χ2v) is 7.05. The highest BCUT2D eigenvalue weighted by atomic mass is 35.5. The van der Waals surface area contributed by atoms with Gasteiger partial charge in [-0.2, -0.15) is 0 Å². The Kier molecular flexibility index (Phi) is 3.74. The van der Waals surface area contributed by atoms with E-state index in [1.807, 2.05) is 30.3 Å². The maximum atomic E-state index is 11.5. The molecule has 1 aliphatic carbocycles. The minimum absolute atomic E-state index is 0.00496. The van der Waals surface area contributed by atoms with Crippen molar-refractivity contribution in [3.8, 4) is 0 Å². The summed E-state index contributed by atoms with van der Waals surface area (Å²) in [5.41, 5.74) is 2.57. The van der Waals surface area contributed by atoms with Crippen LogP contribution in [0.1, 0.15) is 29.5 Å². The van der Waals surface area contributed by atoms with E-state index in [0.29, 0.717) is 21.7 Å². The lowest BCUT2D eigenvalue weighted by atomic mass is 9.77. The largest absolute Gasteiger partial charge is 0.372 e. The Morgan fingerprint density at radius 2 is 1.88 bits per heavy atom. The zero-order chi connectivity index (χ0) is 16.8. The Morgan fingerprint density at radius 1 is 1.12 bits per heavy atom. The van der Waals surface area contributed by atoms with E-state index in [0.717, 1.165) is 17.5 Å². The molecule has 0 spiro atoms. The summed E-state index contributed by atoms with van der Waals surface area (Å²) in [4.78, 5) is 11.1. The number of nitro benzene ring substituents is 1. The summed E-state index contributed by atoms with van der Waals surface area (Å²) in [5, 5.41) is 15.9. The highest BCUT2D eigenvalue weighted by molar-refractivity contribution is 6.31. The number of hydrogen-bond acceptors (Lipinski definition) is 3.